The minimum absolute atomic E-state index is 0.121. The molecular formula is C23H23N5O2. The molecule has 2 aromatic heterocycles. The Bertz CT molecular complexity index is 1150. The summed E-state index contributed by atoms with van der Waals surface area (Å²) in [4.78, 5) is 23.7. The van der Waals surface area contributed by atoms with Crippen LogP contribution in [0.2, 0.25) is 0 Å². The van der Waals surface area contributed by atoms with Gasteiger partial charge in [-0.05, 0) is 36.4 Å². The largest absolute Gasteiger partial charge is 0.486 e. The third-order valence-electron chi connectivity index (χ3n) is 4.63. The number of fused-ring (bicyclic) bond motifs is 1. The first-order valence-corrected chi connectivity index (χ1v) is 9.66. The highest BCUT2D eigenvalue weighted by molar-refractivity contribution is 5.94. The minimum Gasteiger partial charge on any atom is -0.486 e. The second-order valence-corrected chi connectivity index (χ2v) is 7.02. The van der Waals surface area contributed by atoms with Crippen LogP contribution < -0.4 is 15.0 Å². The van der Waals surface area contributed by atoms with Crippen molar-refractivity contribution in [3.63, 3.8) is 0 Å². The SMILES string of the molecule is CN(C)c1ncccc1NC(=O)Cn1c(COc2ccccc2)nc2ccccc21. The van der Waals surface area contributed by atoms with Crippen molar-refractivity contribution in [3.8, 4) is 5.75 Å². The van der Waals surface area contributed by atoms with Crippen LogP contribution in [0.3, 0.4) is 0 Å². The van der Waals surface area contributed by atoms with Gasteiger partial charge >= 0.3 is 0 Å². The summed E-state index contributed by atoms with van der Waals surface area (Å²) < 4.78 is 7.77. The summed E-state index contributed by atoms with van der Waals surface area (Å²) in [5, 5.41) is 2.96. The van der Waals surface area contributed by atoms with Crippen molar-refractivity contribution >= 4 is 28.4 Å². The molecule has 0 bridgehead atoms. The molecule has 2 aromatic carbocycles. The number of para-hydroxylation sites is 3. The van der Waals surface area contributed by atoms with E-state index < -0.39 is 0 Å². The standard InChI is InChI=1S/C23H23N5O2/c1-27(2)23-19(12-8-14-24-23)26-22(29)15-28-20-13-7-6-11-18(20)25-21(28)16-30-17-9-4-3-5-10-17/h3-14H,15-16H2,1-2H3,(H,26,29). The number of nitrogens with zero attached hydrogens (tertiary/aromatic N) is 4. The predicted molar refractivity (Wildman–Crippen MR) is 118 cm³/mol. The summed E-state index contributed by atoms with van der Waals surface area (Å²) in [6, 6.07) is 21.0. The van der Waals surface area contributed by atoms with Crippen LogP contribution in [-0.2, 0) is 17.9 Å². The van der Waals surface area contributed by atoms with E-state index in [2.05, 4.69) is 15.3 Å². The second kappa shape index (κ2) is 8.65. The molecule has 1 N–H and O–H groups in total. The first-order chi connectivity index (χ1) is 14.6. The number of ether oxygens (including phenoxy) is 1. The maximum absolute atomic E-state index is 12.9. The first kappa shape index (κ1) is 19.4. The van der Waals surface area contributed by atoms with Crippen LogP contribution in [0.25, 0.3) is 11.0 Å². The van der Waals surface area contributed by atoms with E-state index in [0.29, 0.717) is 17.3 Å². The molecule has 0 aliphatic heterocycles. The lowest BCUT2D eigenvalue weighted by Crippen LogP contribution is -2.22. The molecule has 0 unspecified atom stereocenters. The van der Waals surface area contributed by atoms with Gasteiger partial charge in [-0.25, -0.2) is 9.97 Å². The topological polar surface area (TPSA) is 72.3 Å². The van der Waals surface area contributed by atoms with Crippen molar-refractivity contribution in [2.45, 2.75) is 13.2 Å². The third-order valence-corrected chi connectivity index (χ3v) is 4.63. The Hall–Kier alpha value is -3.87. The van der Waals surface area contributed by atoms with E-state index in [0.717, 1.165) is 16.8 Å². The summed E-state index contributed by atoms with van der Waals surface area (Å²) >= 11 is 0. The molecule has 0 saturated carbocycles. The van der Waals surface area contributed by atoms with E-state index in [1.165, 1.54) is 0 Å². The normalized spacial score (nSPS) is 10.7. The Kier molecular flexibility index (Phi) is 5.61. The minimum atomic E-state index is -0.157. The lowest BCUT2D eigenvalue weighted by atomic mass is 10.3. The van der Waals surface area contributed by atoms with E-state index in [1.54, 1.807) is 12.3 Å². The van der Waals surface area contributed by atoms with Gasteiger partial charge in [0.05, 0.1) is 16.7 Å². The highest BCUT2D eigenvalue weighted by atomic mass is 16.5. The van der Waals surface area contributed by atoms with Gasteiger partial charge in [0.15, 0.2) is 5.82 Å². The molecule has 1 amide bonds. The van der Waals surface area contributed by atoms with Crippen LogP contribution in [0.5, 0.6) is 5.75 Å². The van der Waals surface area contributed by atoms with Crippen LogP contribution in [0.4, 0.5) is 11.5 Å². The molecule has 0 saturated heterocycles. The molecular weight excluding hydrogens is 378 g/mol. The molecule has 7 nitrogen and oxygen atoms in total. The summed E-state index contributed by atoms with van der Waals surface area (Å²) in [5.74, 6) is 1.99. The maximum Gasteiger partial charge on any atom is 0.244 e. The molecule has 152 valence electrons. The van der Waals surface area contributed by atoms with Crippen molar-refractivity contribution in [2.24, 2.45) is 0 Å². The summed E-state index contributed by atoms with van der Waals surface area (Å²) in [7, 11) is 3.78. The maximum atomic E-state index is 12.9. The zero-order chi connectivity index (χ0) is 20.9. The molecule has 30 heavy (non-hydrogen) atoms. The molecule has 4 aromatic rings. The van der Waals surface area contributed by atoms with Gasteiger partial charge in [0.2, 0.25) is 5.91 Å². The fourth-order valence-corrected chi connectivity index (χ4v) is 3.26. The average molecular weight is 401 g/mol. The number of nitrogens with one attached hydrogen (secondary N) is 1. The van der Waals surface area contributed by atoms with Crippen molar-refractivity contribution in [1.29, 1.82) is 0 Å². The van der Waals surface area contributed by atoms with E-state index in [4.69, 9.17) is 4.74 Å². The number of benzene rings is 2. The number of imidazole rings is 1. The van der Waals surface area contributed by atoms with Gasteiger partial charge in [-0.15, -0.1) is 0 Å². The molecule has 0 atom stereocenters. The summed E-state index contributed by atoms with van der Waals surface area (Å²) in [6.07, 6.45) is 1.70. The fourth-order valence-electron chi connectivity index (χ4n) is 3.26. The van der Waals surface area contributed by atoms with E-state index in [9.17, 15) is 4.79 Å². The van der Waals surface area contributed by atoms with Gasteiger partial charge in [-0.3, -0.25) is 4.79 Å². The number of aromatic nitrogens is 3. The molecule has 0 spiro atoms. The Labute approximate surface area is 174 Å². The third kappa shape index (κ3) is 4.25. The van der Waals surface area contributed by atoms with Gasteiger partial charge in [0.25, 0.3) is 0 Å². The smallest absolute Gasteiger partial charge is 0.244 e. The van der Waals surface area contributed by atoms with Crippen molar-refractivity contribution in [2.75, 3.05) is 24.3 Å². The number of hydrogen-bond donors (Lipinski definition) is 1. The fraction of sp³-hybridized carbons (Fsp3) is 0.174. The monoisotopic (exact) mass is 401 g/mol. The first-order valence-electron chi connectivity index (χ1n) is 9.66. The van der Waals surface area contributed by atoms with Gasteiger partial charge in [-0.1, -0.05) is 30.3 Å². The van der Waals surface area contributed by atoms with Crippen LogP contribution in [0.1, 0.15) is 5.82 Å². The van der Waals surface area contributed by atoms with Gasteiger partial charge in [0, 0.05) is 20.3 Å². The number of carbonyl (C=O) groups is 1. The zero-order valence-electron chi connectivity index (χ0n) is 16.9. The number of anilines is 2. The second-order valence-electron chi connectivity index (χ2n) is 7.02. The van der Waals surface area contributed by atoms with E-state index in [-0.39, 0.29) is 19.1 Å². The Morgan fingerprint density at radius 2 is 1.80 bits per heavy atom. The van der Waals surface area contributed by atoms with Gasteiger partial charge < -0.3 is 19.5 Å². The van der Waals surface area contributed by atoms with Crippen LogP contribution in [0.15, 0.2) is 72.9 Å². The van der Waals surface area contributed by atoms with E-state index in [1.807, 2.05) is 84.2 Å². The zero-order valence-corrected chi connectivity index (χ0v) is 16.9. The summed E-state index contributed by atoms with van der Waals surface area (Å²) in [5.41, 5.74) is 2.38. The molecule has 0 radical (unpaired) electrons. The molecule has 0 aliphatic rings. The summed E-state index contributed by atoms with van der Waals surface area (Å²) in [6.45, 7) is 0.386. The molecule has 0 aliphatic carbocycles. The van der Waals surface area contributed by atoms with Crippen molar-refractivity contribution in [3.05, 3.63) is 78.8 Å². The molecule has 7 heteroatoms. The quantitative estimate of drug-likeness (QED) is 0.511. The van der Waals surface area contributed by atoms with Crippen molar-refractivity contribution in [1.82, 2.24) is 14.5 Å². The lowest BCUT2D eigenvalue weighted by molar-refractivity contribution is -0.116. The Balaban J connectivity index is 1.57. The highest BCUT2D eigenvalue weighted by Crippen LogP contribution is 2.22. The van der Waals surface area contributed by atoms with Crippen LogP contribution >= 0.6 is 0 Å². The number of hydrogen-bond acceptors (Lipinski definition) is 5. The Morgan fingerprint density at radius 1 is 1.03 bits per heavy atom. The average Bonchev–Trinajstić information content (AvgIpc) is 3.10. The predicted octanol–water partition coefficient (Wildman–Crippen LogP) is 3.72. The lowest BCUT2D eigenvalue weighted by Gasteiger charge is -2.17. The van der Waals surface area contributed by atoms with E-state index >= 15 is 0 Å². The van der Waals surface area contributed by atoms with Crippen LogP contribution in [-0.4, -0.2) is 34.5 Å². The number of amides is 1. The molecule has 4 rings (SSSR count). The van der Waals surface area contributed by atoms with Gasteiger partial charge in [-0.2, -0.15) is 0 Å². The molecule has 0 fully saturated rings. The van der Waals surface area contributed by atoms with Gasteiger partial charge in [0.1, 0.15) is 24.7 Å². The highest BCUT2D eigenvalue weighted by Gasteiger charge is 2.16. The van der Waals surface area contributed by atoms with Crippen LogP contribution in [0, 0.1) is 0 Å². The van der Waals surface area contributed by atoms with Crippen molar-refractivity contribution < 1.29 is 9.53 Å². The number of rotatable bonds is 7. The Morgan fingerprint density at radius 3 is 2.60 bits per heavy atom. The number of pyridine rings is 1. The molecule has 2 heterocycles. The number of carbonyl (C=O) groups excluding carboxylic acids is 1.